The van der Waals surface area contributed by atoms with Crippen molar-refractivity contribution in [2.24, 2.45) is 5.92 Å². The van der Waals surface area contributed by atoms with Crippen LogP contribution in [0.4, 0.5) is 0 Å². The Morgan fingerprint density at radius 1 is 1.42 bits per heavy atom. The number of carbonyl (C=O) groups is 1. The highest BCUT2D eigenvalue weighted by molar-refractivity contribution is 8.13. The number of hydrogen-bond acceptors (Lipinski definition) is 2. The van der Waals surface area contributed by atoms with Gasteiger partial charge in [-0.1, -0.05) is 44.9 Å². The molecular formula is C10H20OS. The number of rotatable bonds is 6. The number of carbonyl (C=O) groups excluding carboxylic acids is 1. The van der Waals surface area contributed by atoms with Crippen LogP contribution in [0.1, 0.15) is 46.0 Å². The first kappa shape index (κ1) is 12.0. The molecule has 0 fully saturated rings. The second-order valence-electron chi connectivity index (χ2n) is 3.36. The Morgan fingerprint density at radius 2 is 2.08 bits per heavy atom. The topological polar surface area (TPSA) is 17.1 Å². The Labute approximate surface area is 80.3 Å². The molecule has 0 aliphatic heterocycles. The predicted octanol–water partition coefficient (Wildman–Crippen LogP) is 3.48. The van der Waals surface area contributed by atoms with Crippen LogP contribution in [0.5, 0.6) is 0 Å². The zero-order valence-corrected chi connectivity index (χ0v) is 9.25. The van der Waals surface area contributed by atoms with Crippen LogP contribution in [-0.2, 0) is 4.79 Å². The van der Waals surface area contributed by atoms with Gasteiger partial charge in [0.25, 0.3) is 0 Å². The molecule has 2 heteroatoms. The van der Waals surface area contributed by atoms with Crippen LogP contribution in [0, 0.1) is 5.92 Å². The van der Waals surface area contributed by atoms with E-state index in [4.69, 9.17) is 0 Å². The summed E-state index contributed by atoms with van der Waals surface area (Å²) in [6, 6.07) is 0. The highest BCUT2D eigenvalue weighted by Gasteiger charge is 2.04. The Bertz CT molecular complexity index is 123. The molecule has 0 aliphatic carbocycles. The highest BCUT2D eigenvalue weighted by Crippen LogP contribution is 2.15. The minimum absolute atomic E-state index is 0.332. The molecule has 1 nitrogen and oxygen atoms in total. The van der Waals surface area contributed by atoms with Gasteiger partial charge in [-0.15, -0.1) is 0 Å². The van der Waals surface area contributed by atoms with Gasteiger partial charge in [0.15, 0.2) is 5.12 Å². The van der Waals surface area contributed by atoms with Crippen LogP contribution in [0.3, 0.4) is 0 Å². The average Bonchev–Trinajstić information content (AvgIpc) is 2.10. The van der Waals surface area contributed by atoms with E-state index in [-0.39, 0.29) is 0 Å². The Morgan fingerprint density at radius 3 is 2.58 bits per heavy atom. The van der Waals surface area contributed by atoms with Crippen LogP contribution < -0.4 is 0 Å². The SMILES string of the molecule is CCCC[C@H](C)CCC(=O)SC. The van der Waals surface area contributed by atoms with Crippen molar-refractivity contribution in [1.29, 1.82) is 0 Å². The Balaban J connectivity index is 3.30. The summed E-state index contributed by atoms with van der Waals surface area (Å²) in [7, 11) is 0. The third kappa shape index (κ3) is 6.71. The maximum Gasteiger partial charge on any atom is 0.188 e. The molecular weight excluding hydrogens is 168 g/mol. The van der Waals surface area contributed by atoms with E-state index in [1.165, 1.54) is 31.0 Å². The van der Waals surface area contributed by atoms with E-state index in [9.17, 15) is 4.79 Å². The molecule has 0 N–H and O–H groups in total. The fourth-order valence-corrected chi connectivity index (χ4v) is 1.49. The minimum Gasteiger partial charge on any atom is -0.287 e. The van der Waals surface area contributed by atoms with Gasteiger partial charge in [0.2, 0.25) is 0 Å². The summed E-state index contributed by atoms with van der Waals surface area (Å²) in [6.45, 7) is 4.45. The molecule has 0 spiro atoms. The van der Waals surface area contributed by atoms with Gasteiger partial charge in [0.1, 0.15) is 0 Å². The van der Waals surface area contributed by atoms with E-state index >= 15 is 0 Å². The van der Waals surface area contributed by atoms with Crippen LogP contribution >= 0.6 is 11.8 Å². The summed E-state index contributed by atoms with van der Waals surface area (Å²) in [5.41, 5.74) is 0. The summed E-state index contributed by atoms with van der Waals surface area (Å²) in [5, 5.41) is 0.332. The van der Waals surface area contributed by atoms with Gasteiger partial charge < -0.3 is 0 Å². The maximum atomic E-state index is 11.0. The first-order valence-electron chi connectivity index (χ1n) is 4.77. The lowest BCUT2D eigenvalue weighted by molar-refractivity contribution is -0.111. The standard InChI is InChI=1S/C10H20OS/c1-4-5-6-9(2)7-8-10(11)12-3/h9H,4-8H2,1-3H3/t9-/m0/s1. The van der Waals surface area contributed by atoms with E-state index in [1.807, 2.05) is 6.26 Å². The first-order chi connectivity index (χ1) is 5.70. The first-order valence-corrected chi connectivity index (χ1v) is 6.00. The number of thioether (sulfide) groups is 1. The fourth-order valence-electron chi connectivity index (χ4n) is 1.16. The largest absolute Gasteiger partial charge is 0.287 e. The summed E-state index contributed by atoms with van der Waals surface area (Å²) in [5.74, 6) is 0.723. The Hall–Kier alpha value is 0.0200. The average molecular weight is 188 g/mol. The molecule has 0 saturated carbocycles. The van der Waals surface area contributed by atoms with Gasteiger partial charge in [-0.2, -0.15) is 0 Å². The number of hydrogen-bond donors (Lipinski definition) is 0. The van der Waals surface area contributed by atoms with Gasteiger partial charge in [0, 0.05) is 6.42 Å². The second-order valence-corrected chi connectivity index (χ2v) is 4.23. The number of unbranched alkanes of at least 4 members (excludes halogenated alkanes) is 1. The maximum absolute atomic E-state index is 11.0. The molecule has 0 rings (SSSR count). The van der Waals surface area contributed by atoms with Gasteiger partial charge in [-0.3, -0.25) is 4.79 Å². The molecule has 0 aromatic heterocycles. The van der Waals surface area contributed by atoms with E-state index in [0.29, 0.717) is 5.12 Å². The van der Waals surface area contributed by atoms with Crippen LogP contribution in [0.2, 0.25) is 0 Å². The zero-order valence-electron chi connectivity index (χ0n) is 8.43. The molecule has 0 unspecified atom stereocenters. The normalized spacial score (nSPS) is 12.9. The van der Waals surface area contributed by atoms with Crippen molar-refractivity contribution in [2.45, 2.75) is 46.0 Å². The van der Waals surface area contributed by atoms with Crippen molar-refractivity contribution >= 4 is 16.9 Å². The molecule has 1 atom stereocenters. The van der Waals surface area contributed by atoms with Gasteiger partial charge in [-0.05, 0) is 18.6 Å². The van der Waals surface area contributed by atoms with Crippen LogP contribution in [-0.4, -0.2) is 11.4 Å². The van der Waals surface area contributed by atoms with Gasteiger partial charge >= 0.3 is 0 Å². The van der Waals surface area contributed by atoms with Crippen LogP contribution in [0.15, 0.2) is 0 Å². The molecule has 0 saturated heterocycles. The van der Waals surface area contributed by atoms with Gasteiger partial charge in [0.05, 0.1) is 0 Å². The molecule has 12 heavy (non-hydrogen) atoms. The van der Waals surface area contributed by atoms with E-state index in [2.05, 4.69) is 13.8 Å². The fraction of sp³-hybridized carbons (Fsp3) is 0.900. The van der Waals surface area contributed by atoms with Crippen molar-refractivity contribution in [3.63, 3.8) is 0 Å². The highest BCUT2D eigenvalue weighted by atomic mass is 32.2. The van der Waals surface area contributed by atoms with E-state index in [1.54, 1.807) is 0 Å². The molecule has 0 bridgehead atoms. The lowest BCUT2D eigenvalue weighted by atomic mass is 9.99. The third-order valence-corrected chi connectivity index (χ3v) is 2.78. The summed E-state index contributed by atoms with van der Waals surface area (Å²) >= 11 is 1.35. The smallest absolute Gasteiger partial charge is 0.188 e. The molecule has 0 aromatic rings. The second kappa shape index (κ2) is 7.66. The molecule has 0 radical (unpaired) electrons. The van der Waals surface area contributed by atoms with Crippen LogP contribution in [0.25, 0.3) is 0 Å². The predicted molar refractivity (Wildman–Crippen MR) is 56.4 cm³/mol. The quantitative estimate of drug-likeness (QED) is 0.635. The monoisotopic (exact) mass is 188 g/mol. The van der Waals surface area contributed by atoms with E-state index < -0.39 is 0 Å². The van der Waals surface area contributed by atoms with Crippen molar-refractivity contribution in [3.8, 4) is 0 Å². The zero-order chi connectivity index (χ0) is 9.40. The lowest BCUT2D eigenvalue weighted by Crippen LogP contribution is -1.98. The molecule has 72 valence electrons. The van der Waals surface area contributed by atoms with Crippen molar-refractivity contribution in [3.05, 3.63) is 0 Å². The van der Waals surface area contributed by atoms with Gasteiger partial charge in [-0.25, -0.2) is 0 Å². The van der Waals surface area contributed by atoms with Crippen molar-refractivity contribution in [2.75, 3.05) is 6.26 Å². The van der Waals surface area contributed by atoms with Crippen molar-refractivity contribution < 1.29 is 4.79 Å². The summed E-state index contributed by atoms with van der Waals surface area (Å²) in [4.78, 5) is 11.0. The summed E-state index contributed by atoms with van der Waals surface area (Å²) < 4.78 is 0. The summed E-state index contributed by atoms with van der Waals surface area (Å²) in [6.07, 6.45) is 7.53. The molecule has 0 heterocycles. The van der Waals surface area contributed by atoms with Crippen molar-refractivity contribution in [1.82, 2.24) is 0 Å². The molecule has 0 aromatic carbocycles. The third-order valence-electron chi connectivity index (χ3n) is 2.12. The molecule has 0 amide bonds. The minimum atomic E-state index is 0.332. The Kier molecular flexibility index (Phi) is 7.67. The van der Waals surface area contributed by atoms with E-state index in [0.717, 1.165) is 18.8 Å². The lowest BCUT2D eigenvalue weighted by Gasteiger charge is -2.08. The molecule has 0 aliphatic rings.